The summed E-state index contributed by atoms with van der Waals surface area (Å²) >= 11 is 0. The minimum atomic E-state index is -1.28. The fraction of sp³-hybridized carbons (Fsp3) is 0.0833. The Morgan fingerprint density at radius 3 is 2.33 bits per heavy atom. The molecule has 0 aromatic heterocycles. The van der Waals surface area contributed by atoms with E-state index in [4.69, 9.17) is 4.74 Å². The van der Waals surface area contributed by atoms with Gasteiger partial charge in [-0.2, -0.15) is 0 Å². The van der Waals surface area contributed by atoms with Crippen LogP contribution in [-0.4, -0.2) is 4.21 Å². The molecule has 0 aliphatic rings. The first-order valence-electron chi connectivity index (χ1n) is 8.89. The summed E-state index contributed by atoms with van der Waals surface area (Å²) in [6.45, 7) is 2.46. The molecule has 4 aromatic carbocycles. The number of hydrogen-bond donors (Lipinski definition) is 0. The van der Waals surface area contributed by atoms with Crippen molar-refractivity contribution in [3.05, 3.63) is 102 Å². The van der Waals surface area contributed by atoms with E-state index in [1.807, 2.05) is 73.7 Å². The fourth-order valence-corrected chi connectivity index (χ4v) is 4.23. The molecule has 0 spiro atoms. The lowest BCUT2D eigenvalue weighted by Crippen LogP contribution is -2.01. The average Bonchev–Trinajstić information content (AvgIpc) is 2.72. The van der Waals surface area contributed by atoms with E-state index in [-0.39, 0.29) is 0 Å². The first kappa shape index (κ1) is 17.5. The molecular formula is C24H20O2S. The summed E-state index contributed by atoms with van der Waals surface area (Å²) in [5, 5.41) is 2.37. The minimum absolute atomic E-state index is 0.434. The van der Waals surface area contributed by atoms with Crippen molar-refractivity contribution in [1.29, 1.82) is 0 Å². The van der Waals surface area contributed by atoms with Gasteiger partial charge in [0.05, 0.1) is 15.7 Å². The molecule has 27 heavy (non-hydrogen) atoms. The topological polar surface area (TPSA) is 26.3 Å². The molecule has 4 aromatic rings. The van der Waals surface area contributed by atoms with Gasteiger partial charge in [-0.1, -0.05) is 72.3 Å². The van der Waals surface area contributed by atoms with E-state index in [1.54, 1.807) is 0 Å². The van der Waals surface area contributed by atoms with Crippen LogP contribution in [0.2, 0.25) is 0 Å². The van der Waals surface area contributed by atoms with Gasteiger partial charge < -0.3 is 4.74 Å². The van der Waals surface area contributed by atoms with Crippen molar-refractivity contribution < 1.29 is 8.95 Å². The molecule has 0 radical (unpaired) electrons. The lowest BCUT2D eigenvalue weighted by Gasteiger charge is -2.13. The highest BCUT2D eigenvalue weighted by Gasteiger charge is 2.13. The summed E-state index contributed by atoms with van der Waals surface area (Å²) in [6.07, 6.45) is 0. The largest absolute Gasteiger partial charge is 0.488 e. The van der Waals surface area contributed by atoms with Crippen LogP contribution in [0.15, 0.2) is 101 Å². The van der Waals surface area contributed by atoms with Crippen molar-refractivity contribution in [1.82, 2.24) is 0 Å². The quantitative estimate of drug-likeness (QED) is 0.436. The first-order chi connectivity index (χ1) is 13.2. The highest BCUT2D eigenvalue weighted by atomic mass is 32.2. The van der Waals surface area contributed by atoms with Crippen LogP contribution in [0, 0.1) is 6.92 Å². The number of benzene rings is 4. The van der Waals surface area contributed by atoms with Crippen LogP contribution < -0.4 is 4.74 Å². The molecule has 1 atom stereocenters. The second-order valence-electron chi connectivity index (χ2n) is 6.46. The Morgan fingerprint density at radius 1 is 0.778 bits per heavy atom. The summed E-state index contributed by atoms with van der Waals surface area (Å²) in [6, 6.07) is 29.8. The number of ether oxygens (including phenoxy) is 1. The van der Waals surface area contributed by atoms with Crippen molar-refractivity contribution in [2.45, 2.75) is 23.3 Å². The molecule has 0 aliphatic heterocycles. The maximum Gasteiger partial charge on any atom is 0.136 e. The summed E-state index contributed by atoms with van der Waals surface area (Å²) in [5.41, 5.74) is 2.26. The van der Waals surface area contributed by atoms with E-state index >= 15 is 0 Å². The van der Waals surface area contributed by atoms with Gasteiger partial charge in [0.25, 0.3) is 0 Å². The monoisotopic (exact) mass is 372 g/mol. The molecule has 4 rings (SSSR count). The predicted octanol–water partition coefficient (Wildman–Crippen LogP) is 5.89. The second kappa shape index (κ2) is 7.77. The Kier molecular flexibility index (Phi) is 5.03. The molecule has 0 saturated carbocycles. The highest BCUT2D eigenvalue weighted by Crippen LogP contribution is 2.28. The zero-order chi connectivity index (χ0) is 18.6. The molecule has 1 unspecified atom stereocenters. The molecule has 0 saturated heterocycles. The van der Waals surface area contributed by atoms with Crippen molar-refractivity contribution in [2.75, 3.05) is 0 Å². The fourth-order valence-electron chi connectivity index (χ4n) is 3.09. The van der Waals surface area contributed by atoms with Crippen LogP contribution >= 0.6 is 0 Å². The normalized spacial score (nSPS) is 12.0. The van der Waals surface area contributed by atoms with Crippen LogP contribution in [0.25, 0.3) is 10.8 Å². The standard InChI is InChI=1S/C24H20O2S/c1-18-13-15-21(16-14-18)27(25)24-12-5-4-11-23(24)26-17-20-9-6-8-19-7-2-3-10-22(19)20/h2-16H,17H2,1H3. The van der Waals surface area contributed by atoms with E-state index in [2.05, 4.69) is 24.3 Å². The number of hydrogen-bond acceptors (Lipinski definition) is 2. The van der Waals surface area contributed by atoms with E-state index < -0.39 is 10.8 Å². The second-order valence-corrected chi connectivity index (χ2v) is 7.90. The Morgan fingerprint density at radius 2 is 1.48 bits per heavy atom. The summed E-state index contributed by atoms with van der Waals surface area (Å²) in [5.74, 6) is 0.657. The van der Waals surface area contributed by atoms with Crippen LogP contribution in [-0.2, 0) is 17.4 Å². The molecule has 0 fully saturated rings. The number of para-hydroxylation sites is 1. The Hall–Kier alpha value is -2.91. The SMILES string of the molecule is Cc1ccc(S(=O)c2ccccc2OCc2cccc3ccccc23)cc1. The Bertz CT molecular complexity index is 1100. The summed E-state index contributed by atoms with van der Waals surface area (Å²) in [7, 11) is -1.28. The molecule has 3 heteroatoms. The third-order valence-corrected chi connectivity index (χ3v) is 5.98. The van der Waals surface area contributed by atoms with Crippen molar-refractivity contribution >= 4 is 21.6 Å². The third-order valence-electron chi connectivity index (χ3n) is 4.55. The van der Waals surface area contributed by atoms with Crippen molar-refractivity contribution in [3.63, 3.8) is 0 Å². The van der Waals surface area contributed by atoms with E-state index in [0.29, 0.717) is 17.3 Å². The summed E-state index contributed by atoms with van der Waals surface area (Å²) < 4.78 is 19.1. The smallest absolute Gasteiger partial charge is 0.136 e. The zero-order valence-electron chi connectivity index (χ0n) is 15.1. The maximum absolute atomic E-state index is 13.0. The molecule has 0 N–H and O–H groups in total. The van der Waals surface area contributed by atoms with Gasteiger partial charge in [-0.15, -0.1) is 0 Å². The highest BCUT2D eigenvalue weighted by molar-refractivity contribution is 7.85. The van der Waals surface area contributed by atoms with Gasteiger partial charge in [0.2, 0.25) is 0 Å². The average molecular weight is 372 g/mol. The van der Waals surface area contributed by atoms with Gasteiger partial charge in [-0.05, 0) is 47.5 Å². The van der Waals surface area contributed by atoms with Gasteiger partial charge >= 0.3 is 0 Å². The molecule has 0 amide bonds. The zero-order valence-corrected chi connectivity index (χ0v) is 15.9. The number of aryl methyl sites for hydroxylation is 1. The van der Waals surface area contributed by atoms with Crippen LogP contribution in [0.5, 0.6) is 5.75 Å². The predicted molar refractivity (Wildman–Crippen MR) is 111 cm³/mol. The van der Waals surface area contributed by atoms with E-state index in [1.165, 1.54) is 10.8 Å². The third kappa shape index (κ3) is 3.79. The number of fused-ring (bicyclic) bond motifs is 1. The minimum Gasteiger partial charge on any atom is -0.488 e. The van der Waals surface area contributed by atoms with Gasteiger partial charge in [0.15, 0.2) is 0 Å². The molecule has 0 heterocycles. The van der Waals surface area contributed by atoms with Gasteiger partial charge in [-0.25, -0.2) is 4.21 Å². The van der Waals surface area contributed by atoms with E-state index in [9.17, 15) is 4.21 Å². The summed E-state index contributed by atoms with van der Waals surface area (Å²) in [4.78, 5) is 1.48. The van der Waals surface area contributed by atoms with E-state index in [0.717, 1.165) is 16.0 Å². The van der Waals surface area contributed by atoms with Crippen LogP contribution in [0.3, 0.4) is 0 Å². The van der Waals surface area contributed by atoms with Crippen molar-refractivity contribution in [3.8, 4) is 5.75 Å². The van der Waals surface area contributed by atoms with Gasteiger partial charge in [-0.3, -0.25) is 0 Å². The Labute approximate surface area is 161 Å². The molecule has 0 bridgehead atoms. The van der Waals surface area contributed by atoms with Crippen molar-refractivity contribution in [2.24, 2.45) is 0 Å². The Balaban J connectivity index is 1.61. The molecule has 134 valence electrons. The maximum atomic E-state index is 13.0. The van der Waals surface area contributed by atoms with Crippen LogP contribution in [0.4, 0.5) is 0 Å². The lowest BCUT2D eigenvalue weighted by molar-refractivity contribution is 0.300. The molecular weight excluding hydrogens is 352 g/mol. The molecule has 0 aliphatic carbocycles. The van der Waals surface area contributed by atoms with Gasteiger partial charge in [0, 0.05) is 4.90 Å². The first-order valence-corrected chi connectivity index (χ1v) is 10.0. The van der Waals surface area contributed by atoms with Gasteiger partial charge in [0.1, 0.15) is 12.4 Å². The lowest BCUT2D eigenvalue weighted by atomic mass is 10.1. The molecule has 2 nitrogen and oxygen atoms in total. The van der Waals surface area contributed by atoms with Crippen LogP contribution in [0.1, 0.15) is 11.1 Å². The number of rotatable bonds is 5.